The predicted octanol–water partition coefficient (Wildman–Crippen LogP) is 5.27. The molecule has 3 rings (SSSR count). The van der Waals surface area contributed by atoms with E-state index in [2.05, 4.69) is 5.32 Å². The van der Waals surface area contributed by atoms with Gasteiger partial charge in [0.15, 0.2) is 0 Å². The van der Waals surface area contributed by atoms with Gasteiger partial charge in [-0.25, -0.2) is 0 Å². The van der Waals surface area contributed by atoms with Gasteiger partial charge in [0.2, 0.25) is 5.91 Å². The molecule has 0 atom stereocenters. The number of aryl methyl sites for hydroxylation is 1. The number of amides is 2. The summed E-state index contributed by atoms with van der Waals surface area (Å²) in [6.45, 7) is 2.44. The summed E-state index contributed by atoms with van der Waals surface area (Å²) in [5.41, 5.74) is 2.83. The lowest BCUT2D eigenvalue weighted by Crippen LogP contribution is -2.29. The van der Waals surface area contributed by atoms with Crippen LogP contribution in [-0.2, 0) is 9.59 Å². The van der Waals surface area contributed by atoms with Gasteiger partial charge in [-0.3, -0.25) is 14.5 Å². The van der Waals surface area contributed by atoms with Crippen molar-refractivity contribution < 1.29 is 9.59 Å². The molecule has 0 unspecified atom stereocenters. The normalized spacial score (nSPS) is 15.4. The molecular weight excluding hydrogens is 412 g/mol. The second-order valence-corrected chi connectivity index (χ2v) is 8.51. The molecule has 0 saturated carbocycles. The van der Waals surface area contributed by atoms with E-state index in [1.165, 1.54) is 17.3 Å². The maximum Gasteiger partial charge on any atom is 0.266 e. The molecule has 0 aromatic heterocycles. The van der Waals surface area contributed by atoms with Crippen LogP contribution in [0.3, 0.4) is 0 Å². The van der Waals surface area contributed by atoms with Crippen molar-refractivity contribution in [1.29, 1.82) is 0 Å². The van der Waals surface area contributed by atoms with Gasteiger partial charge in [0.1, 0.15) is 4.32 Å². The van der Waals surface area contributed by atoms with E-state index in [9.17, 15) is 9.59 Å². The molecule has 0 radical (unpaired) electrons. The summed E-state index contributed by atoms with van der Waals surface area (Å²) in [6.07, 6.45) is 2.69. The molecule has 1 saturated heterocycles. The summed E-state index contributed by atoms with van der Waals surface area (Å²) in [6, 6.07) is 14.9. The van der Waals surface area contributed by atoms with Crippen molar-refractivity contribution in [2.45, 2.75) is 19.8 Å². The number of anilines is 1. The molecule has 2 amide bonds. The maximum absolute atomic E-state index is 12.6. The smallest absolute Gasteiger partial charge is 0.266 e. The molecule has 4 nitrogen and oxygen atoms in total. The van der Waals surface area contributed by atoms with Crippen LogP contribution in [0.1, 0.15) is 24.0 Å². The third kappa shape index (κ3) is 5.44. The van der Waals surface area contributed by atoms with Crippen molar-refractivity contribution in [2.75, 3.05) is 11.9 Å². The highest BCUT2D eigenvalue weighted by Gasteiger charge is 2.31. The molecule has 28 heavy (non-hydrogen) atoms. The van der Waals surface area contributed by atoms with Gasteiger partial charge < -0.3 is 5.32 Å². The number of thioether (sulfide) groups is 1. The van der Waals surface area contributed by atoms with Gasteiger partial charge in [0.25, 0.3) is 5.91 Å². The second-order valence-electron chi connectivity index (χ2n) is 6.40. The van der Waals surface area contributed by atoms with E-state index in [0.717, 1.165) is 5.56 Å². The van der Waals surface area contributed by atoms with Gasteiger partial charge in [-0.05, 0) is 49.2 Å². The molecule has 0 aliphatic carbocycles. The summed E-state index contributed by atoms with van der Waals surface area (Å²) >= 11 is 12.5. The average molecular weight is 431 g/mol. The van der Waals surface area contributed by atoms with E-state index >= 15 is 0 Å². The van der Waals surface area contributed by atoms with Crippen LogP contribution in [0.15, 0.2) is 53.4 Å². The fraction of sp³-hybridized carbons (Fsp3) is 0.190. The van der Waals surface area contributed by atoms with Crippen molar-refractivity contribution in [3.05, 3.63) is 69.6 Å². The van der Waals surface area contributed by atoms with Crippen molar-refractivity contribution in [2.24, 2.45) is 0 Å². The summed E-state index contributed by atoms with van der Waals surface area (Å²) in [7, 11) is 0. The van der Waals surface area contributed by atoms with E-state index in [1.54, 1.807) is 29.2 Å². The lowest BCUT2D eigenvalue weighted by molar-refractivity contribution is -0.122. The third-order valence-corrected chi connectivity index (χ3v) is 5.79. The third-order valence-electron chi connectivity index (χ3n) is 4.16. The number of benzene rings is 2. The number of hydrogen-bond donors (Lipinski definition) is 1. The van der Waals surface area contributed by atoms with Gasteiger partial charge >= 0.3 is 0 Å². The Morgan fingerprint density at radius 1 is 1.18 bits per heavy atom. The van der Waals surface area contributed by atoms with Crippen LogP contribution in [0.25, 0.3) is 6.08 Å². The maximum atomic E-state index is 12.6. The van der Waals surface area contributed by atoms with Crippen molar-refractivity contribution in [3.63, 3.8) is 0 Å². The van der Waals surface area contributed by atoms with Crippen LogP contribution in [0.5, 0.6) is 0 Å². The summed E-state index contributed by atoms with van der Waals surface area (Å²) < 4.78 is 0.529. The Hall–Kier alpha value is -2.15. The van der Waals surface area contributed by atoms with Crippen LogP contribution in [-0.4, -0.2) is 27.6 Å². The monoisotopic (exact) mass is 430 g/mol. The SMILES string of the molecule is Cc1ccc(/C=C2/SC(=S)N(CCCC(=O)Nc3ccc(Cl)cc3)C2=O)cc1. The van der Waals surface area contributed by atoms with Crippen molar-refractivity contribution in [3.8, 4) is 0 Å². The van der Waals surface area contributed by atoms with E-state index in [-0.39, 0.29) is 11.8 Å². The lowest BCUT2D eigenvalue weighted by Gasteiger charge is -2.14. The molecule has 2 aromatic carbocycles. The molecule has 1 N–H and O–H groups in total. The Kier molecular flexibility index (Phi) is 6.88. The lowest BCUT2D eigenvalue weighted by atomic mass is 10.1. The average Bonchev–Trinajstić information content (AvgIpc) is 2.93. The molecule has 2 aromatic rings. The Balaban J connectivity index is 1.52. The van der Waals surface area contributed by atoms with Gasteiger partial charge in [-0.1, -0.05) is 65.4 Å². The minimum Gasteiger partial charge on any atom is -0.326 e. The second kappa shape index (κ2) is 9.37. The van der Waals surface area contributed by atoms with E-state index in [0.29, 0.717) is 39.3 Å². The highest BCUT2D eigenvalue weighted by Crippen LogP contribution is 2.32. The Morgan fingerprint density at radius 2 is 1.86 bits per heavy atom. The Labute approximate surface area is 178 Å². The quantitative estimate of drug-likeness (QED) is 0.501. The number of nitrogens with zero attached hydrogens (tertiary/aromatic N) is 1. The largest absolute Gasteiger partial charge is 0.326 e. The molecule has 144 valence electrons. The zero-order valence-corrected chi connectivity index (χ0v) is 17.7. The van der Waals surface area contributed by atoms with Crippen LogP contribution >= 0.6 is 35.6 Å². The first-order chi connectivity index (χ1) is 13.4. The fourth-order valence-electron chi connectivity index (χ4n) is 2.66. The van der Waals surface area contributed by atoms with E-state index in [4.69, 9.17) is 23.8 Å². The molecule has 1 aliphatic heterocycles. The first-order valence-corrected chi connectivity index (χ1v) is 10.4. The number of carbonyl (C=O) groups excluding carboxylic acids is 2. The molecule has 1 fully saturated rings. The van der Waals surface area contributed by atoms with E-state index < -0.39 is 0 Å². The number of nitrogens with one attached hydrogen (secondary N) is 1. The summed E-state index contributed by atoms with van der Waals surface area (Å²) in [5, 5.41) is 3.43. The summed E-state index contributed by atoms with van der Waals surface area (Å²) in [5.74, 6) is -0.211. The number of halogens is 1. The Bertz CT molecular complexity index is 924. The van der Waals surface area contributed by atoms with E-state index in [1.807, 2.05) is 37.3 Å². The first-order valence-electron chi connectivity index (χ1n) is 8.80. The standard InChI is InChI=1S/C21H19ClN2O2S2/c1-14-4-6-15(7-5-14)13-18-20(26)24(21(27)28-18)12-2-3-19(25)23-17-10-8-16(22)9-11-17/h4-11,13H,2-3,12H2,1H3,(H,23,25)/b18-13+. The molecule has 0 spiro atoms. The topological polar surface area (TPSA) is 49.4 Å². The minimum atomic E-state index is -0.108. The molecule has 1 heterocycles. The van der Waals surface area contributed by atoms with Crippen LogP contribution in [0.4, 0.5) is 5.69 Å². The highest BCUT2D eigenvalue weighted by atomic mass is 35.5. The molecule has 7 heteroatoms. The van der Waals surface area contributed by atoms with Crippen molar-refractivity contribution in [1.82, 2.24) is 4.90 Å². The number of thiocarbonyl (C=S) groups is 1. The molecular formula is C21H19ClN2O2S2. The van der Waals surface area contributed by atoms with Crippen molar-refractivity contribution >= 4 is 63.5 Å². The highest BCUT2D eigenvalue weighted by molar-refractivity contribution is 8.26. The Morgan fingerprint density at radius 3 is 2.54 bits per heavy atom. The minimum absolute atomic E-state index is 0.103. The van der Waals surface area contributed by atoms with Crippen LogP contribution < -0.4 is 5.32 Å². The zero-order chi connectivity index (χ0) is 20.1. The molecule has 1 aliphatic rings. The fourth-order valence-corrected chi connectivity index (χ4v) is 4.10. The van der Waals surface area contributed by atoms with Gasteiger partial charge in [0.05, 0.1) is 4.91 Å². The van der Waals surface area contributed by atoms with Gasteiger partial charge in [0, 0.05) is 23.7 Å². The number of rotatable bonds is 6. The van der Waals surface area contributed by atoms with Gasteiger partial charge in [-0.15, -0.1) is 0 Å². The molecule has 0 bridgehead atoms. The first kappa shape index (κ1) is 20.6. The summed E-state index contributed by atoms with van der Waals surface area (Å²) in [4.78, 5) is 26.9. The van der Waals surface area contributed by atoms with Crippen LogP contribution in [0, 0.1) is 6.92 Å². The number of carbonyl (C=O) groups is 2. The van der Waals surface area contributed by atoms with Crippen LogP contribution in [0.2, 0.25) is 5.02 Å². The predicted molar refractivity (Wildman–Crippen MR) is 120 cm³/mol. The number of hydrogen-bond acceptors (Lipinski definition) is 4. The van der Waals surface area contributed by atoms with Gasteiger partial charge in [-0.2, -0.15) is 0 Å². The zero-order valence-electron chi connectivity index (χ0n) is 15.3.